The van der Waals surface area contributed by atoms with Gasteiger partial charge in [-0.3, -0.25) is 14.7 Å². The average Bonchev–Trinajstić information content (AvgIpc) is 3.27. The van der Waals surface area contributed by atoms with Crippen molar-refractivity contribution in [3.8, 4) is 5.75 Å². The second-order valence-electron chi connectivity index (χ2n) is 12.5. The third-order valence-electron chi connectivity index (χ3n) is 9.21. The standard InChI is InChI=1S/C33H43N5O3/c1-8-24-19-37(20-26-28(41-24)11-10-16-34-26)18-23-17-33(7,15-14-21(23)3)30(32(5,6)31(39)40)25-12-13-27-29(22(25)4)35-36-38(27)9-2/h10-14,16-17,24,30H,8-9,15,18-20H2,1-7H3,(H,39,40)/t24-,30+,33?/m1/s1. The maximum atomic E-state index is 12.8. The second-order valence-corrected chi connectivity index (χ2v) is 12.5. The van der Waals surface area contributed by atoms with Gasteiger partial charge < -0.3 is 9.84 Å². The van der Waals surface area contributed by atoms with Crippen LogP contribution in [0.25, 0.3) is 11.0 Å². The molecule has 0 bridgehead atoms. The van der Waals surface area contributed by atoms with Gasteiger partial charge in [-0.15, -0.1) is 5.10 Å². The molecule has 0 saturated carbocycles. The maximum Gasteiger partial charge on any atom is 0.309 e. The third-order valence-corrected chi connectivity index (χ3v) is 9.21. The molecular formula is C33H43N5O3. The molecule has 1 N–H and O–H groups in total. The van der Waals surface area contributed by atoms with E-state index in [1.54, 1.807) is 0 Å². The first-order valence-corrected chi connectivity index (χ1v) is 14.8. The highest BCUT2D eigenvalue weighted by atomic mass is 16.5. The number of aromatic nitrogens is 4. The van der Waals surface area contributed by atoms with Crippen LogP contribution in [-0.4, -0.2) is 55.1 Å². The quantitative estimate of drug-likeness (QED) is 0.347. The minimum atomic E-state index is -1.03. The number of fused-ring (bicyclic) bond motifs is 2. The van der Waals surface area contributed by atoms with Crippen molar-refractivity contribution in [1.82, 2.24) is 24.9 Å². The predicted octanol–water partition coefficient (Wildman–Crippen LogP) is 6.30. The molecule has 0 spiro atoms. The summed E-state index contributed by atoms with van der Waals surface area (Å²) in [6.45, 7) is 17.4. The van der Waals surface area contributed by atoms with E-state index in [1.165, 1.54) is 11.1 Å². The van der Waals surface area contributed by atoms with Gasteiger partial charge in [0.1, 0.15) is 17.4 Å². The van der Waals surface area contributed by atoms with Crippen LogP contribution in [0.5, 0.6) is 5.75 Å². The highest BCUT2D eigenvalue weighted by Gasteiger charge is 2.49. The number of rotatable bonds is 8. The molecular weight excluding hydrogens is 514 g/mol. The average molecular weight is 558 g/mol. The van der Waals surface area contributed by atoms with Gasteiger partial charge in [0.2, 0.25) is 0 Å². The number of hydrogen-bond donors (Lipinski definition) is 1. The van der Waals surface area contributed by atoms with Crippen molar-refractivity contribution in [3.63, 3.8) is 0 Å². The Bertz CT molecular complexity index is 1520. The highest BCUT2D eigenvalue weighted by molar-refractivity contribution is 5.81. The van der Waals surface area contributed by atoms with E-state index < -0.39 is 16.8 Å². The Kier molecular flexibility index (Phi) is 7.81. The van der Waals surface area contributed by atoms with Gasteiger partial charge in [0.15, 0.2) is 0 Å². The Morgan fingerprint density at radius 2 is 2.02 bits per heavy atom. The number of nitrogens with zero attached hydrogens (tertiary/aromatic N) is 5. The Labute approximate surface area is 243 Å². The summed E-state index contributed by atoms with van der Waals surface area (Å²) < 4.78 is 8.19. The molecule has 1 aliphatic carbocycles. The fourth-order valence-electron chi connectivity index (χ4n) is 6.87. The van der Waals surface area contributed by atoms with Crippen LogP contribution in [0.4, 0.5) is 0 Å². The first kappa shape index (κ1) is 29.0. The van der Waals surface area contributed by atoms with Crippen LogP contribution < -0.4 is 4.74 Å². The number of aliphatic carboxylic acids is 1. The monoisotopic (exact) mass is 557 g/mol. The number of aryl methyl sites for hydroxylation is 2. The second kappa shape index (κ2) is 11.0. The Balaban J connectivity index is 1.56. The number of pyridine rings is 1. The van der Waals surface area contributed by atoms with E-state index in [9.17, 15) is 9.90 Å². The van der Waals surface area contributed by atoms with Crippen molar-refractivity contribution in [3.05, 3.63) is 70.6 Å². The van der Waals surface area contributed by atoms with Crippen molar-refractivity contribution in [2.75, 3.05) is 13.1 Å². The normalized spacial score (nSPS) is 22.4. The summed E-state index contributed by atoms with van der Waals surface area (Å²) in [5.74, 6) is -0.230. The summed E-state index contributed by atoms with van der Waals surface area (Å²) in [6.07, 6.45) is 8.23. The van der Waals surface area contributed by atoms with Crippen molar-refractivity contribution in [2.45, 2.75) is 86.4 Å². The minimum absolute atomic E-state index is 0.0879. The lowest BCUT2D eigenvalue weighted by Gasteiger charge is -2.45. The fraction of sp³-hybridized carbons (Fsp3) is 0.515. The topological polar surface area (TPSA) is 93.4 Å². The van der Waals surface area contributed by atoms with Gasteiger partial charge in [-0.1, -0.05) is 42.9 Å². The van der Waals surface area contributed by atoms with Gasteiger partial charge in [0.05, 0.1) is 16.6 Å². The number of allylic oxidation sites excluding steroid dienone is 2. The van der Waals surface area contributed by atoms with E-state index in [1.807, 2.05) is 43.8 Å². The van der Waals surface area contributed by atoms with Gasteiger partial charge in [-0.2, -0.15) is 0 Å². The largest absolute Gasteiger partial charge is 0.487 e. The Hall–Kier alpha value is -3.52. The van der Waals surface area contributed by atoms with Gasteiger partial charge >= 0.3 is 5.97 Å². The summed E-state index contributed by atoms with van der Waals surface area (Å²) in [5, 5.41) is 19.3. The Morgan fingerprint density at radius 3 is 2.73 bits per heavy atom. The van der Waals surface area contributed by atoms with Crippen LogP contribution in [-0.2, 0) is 17.9 Å². The molecule has 1 aliphatic heterocycles. The lowest BCUT2D eigenvalue weighted by Crippen LogP contribution is -2.42. The number of carbonyl (C=O) groups is 1. The molecule has 5 rings (SSSR count). The minimum Gasteiger partial charge on any atom is -0.487 e. The molecule has 41 heavy (non-hydrogen) atoms. The van der Waals surface area contributed by atoms with Gasteiger partial charge in [-0.25, -0.2) is 4.68 Å². The summed E-state index contributed by atoms with van der Waals surface area (Å²) in [6, 6.07) is 8.09. The molecule has 0 amide bonds. The number of ether oxygens (including phenoxy) is 1. The molecule has 218 valence electrons. The summed E-state index contributed by atoms with van der Waals surface area (Å²) >= 11 is 0. The number of carboxylic acids is 1. The van der Waals surface area contributed by atoms with E-state index in [2.05, 4.69) is 72.2 Å². The molecule has 0 radical (unpaired) electrons. The molecule has 2 aromatic heterocycles. The molecule has 8 nitrogen and oxygen atoms in total. The van der Waals surface area contributed by atoms with E-state index in [4.69, 9.17) is 4.74 Å². The van der Waals surface area contributed by atoms with E-state index in [-0.39, 0.29) is 12.0 Å². The molecule has 1 unspecified atom stereocenters. The maximum absolute atomic E-state index is 12.8. The van der Waals surface area contributed by atoms with Crippen molar-refractivity contribution >= 4 is 17.0 Å². The number of hydrogen-bond acceptors (Lipinski definition) is 6. The lowest BCUT2D eigenvalue weighted by atomic mass is 9.57. The van der Waals surface area contributed by atoms with Crippen molar-refractivity contribution < 1.29 is 14.6 Å². The van der Waals surface area contributed by atoms with E-state index >= 15 is 0 Å². The fourth-order valence-corrected chi connectivity index (χ4v) is 6.87. The summed E-state index contributed by atoms with van der Waals surface area (Å²) in [5.41, 5.74) is 5.81. The first-order valence-electron chi connectivity index (χ1n) is 14.8. The molecule has 3 atom stereocenters. The van der Waals surface area contributed by atoms with Gasteiger partial charge in [0.25, 0.3) is 0 Å². The number of benzene rings is 1. The SMILES string of the molecule is CC[C@@H]1CN(CC2=CC(C)([C@@H](c3ccc4c(nnn4CC)c3C)C(C)(C)C(=O)O)CC=C2C)Cc2ncccc2O1. The van der Waals surface area contributed by atoms with Crippen LogP contribution in [0.2, 0.25) is 0 Å². The molecule has 1 aromatic carbocycles. The zero-order chi connectivity index (χ0) is 29.5. The van der Waals surface area contributed by atoms with Crippen LogP contribution in [0, 0.1) is 17.8 Å². The molecule has 2 aliphatic rings. The molecule has 0 fully saturated rings. The van der Waals surface area contributed by atoms with Gasteiger partial charge in [0, 0.05) is 38.3 Å². The molecule has 0 saturated heterocycles. The van der Waals surface area contributed by atoms with Crippen LogP contribution >= 0.6 is 0 Å². The van der Waals surface area contributed by atoms with Crippen LogP contribution in [0.3, 0.4) is 0 Å². The first-order chi connectivity index (χ1) is 19.5. The molecule has 3 aromatic rings. The molecule has 8 heteroatoms. The number of carboxylic acid groups (broad SMARTS) is 1. The van der Waals surface area contributed by atoms with Crippen molar-refractivity contribution in [2.24, 2.45) is 10.8 Å². The Morgan fingerprint density at radius 1 is 1.24 bits per heavy atom. The predicted molar refractivity (Wildman–Crippen MR) is 161 cm³/mol. The zero-order valence-corrected chi connectivity index (χ0v) is 25.4. The van der Waals surface area contributed by atoms with E-state index in [0.29, 0.717) is 6.54 Å². The lowest BCUT2D eigenvalue weighted by molar-refractivity contribution is -0.149. The van der Waals surface area contributed by atoms with Crippen LogP contribution in [0.15, 0.2) is 53.8 Å². The van der Waals surface area contributed by atoms with Crippen LogP contribution in [0.1, 0.15) is 77.1 Å². The summed E-state index contributed by atoms with van der Waals surface area (Å²) in [4.78, 5) is 19.9. The molecule has 3 heterocycles. The van der Waals surface area contributed by atoms with E-state index in [0.717, 1.165) is 66.1 Å². The van der Waals surface area contributed by atoms with Gasteiger partial charge in [-0.05, 0) is 87.8 Å². The zero-order valence-electron chi connectivity index (χ0n) is 25.4. The highest BCUT2D eigenvalue weighted by Crippen LogP contribution is 2.54. The van der Waals surface area contributed by atoms with Crippen molar-refractivity contribution in [1.29, 1.82) is 0 Å². The smallest absolute Gasteiger partial charge is 0.309 e. The summed E-state index contributed by atoms with van der Waals surface area (Å²) in [7, 11) is 0. The third kappa shape index (κ3) is 5.30.